The standard InChI is InChI=1S/C15H10ClF6N3O/c16-10-7-9(14(17,18)19)2-1-8(10)3-4-25-13(26)11-12(15(20,21)22)24-6-5-23-11/h1-2,5-7H,3-4H2,(H,25,26). The predicted molar refractivity (Wildman–Crippen MR) is 79.5 cm³/mol. The van der Waals surface area contributed by atoms with E-state index in [0.29, 0.717) is 5.56 Å². The smallest absolute Gasteiger partial charge is 0.350 e. The van der Waals surface area contributed by atoms with Gasteiger partial charge >= 0.3 is 12.4 Å². The second kappa shape index (κ2) is 7.48. The molecule has 1 aromatic carbocycles. The maximum atomic E-state index is 12.8. The first-order chi connectivity index (χ1) is 12.0. The number of halogens is 7. The molecule has 140 valence electrons. The van der Waals surface area contributed by atoms with Gasteiger partial charge in [0.25, 0.3) is 5.91 Å². The molecule has 0 aliphatic rings. The number of aromatic nitrogens is 2. The Hall–Kier alpha value is -2.36. The number of carbonyl (C=O) groups excluding carboxylic acids is 1. The summed E-state index contributed by atoms with van der Waals surface area (Å²) in [6.45, 7) is -0.155. The molecular formula is C15H10ClF6N3O. The first-order valence-electron chi connectivity index (χ1n) is 7.02. The van der Waals surface area contributed by atoms with Crippen molar-refractivity contribution in [2.24, 2.45) is 0 Å². The van der Waals surface area contributed by atoms with E-state index >= 15 is 0 Å². The van der Waals surface area contributed by atoms with Crippen molar-refractivity contribution in [2.45, 2.75) is 18.8 Å². The van der Waals surface area contributed by atoms with Crippen LogP contribution in [0.1, 0.15) is 27.3 Å². The van der Waals surface area contributed by atoms with Crippen LogP contribution in [0.2, 0.25) is 5.02 Å². The maximum Gasteiger partial charge on any atom is 0.435 e. The number of carbonyl (C=O) groups is 1. The largest absolute Gasteiger partial charge is 0.435 e. The molecule has 11 heteroatoms. The lowest BCUT2D eigenvalue weighted by Gasteiger charge is -2.12. The minimum atomic E-state index is -4.85. The molecule has 0 bridgehead atoms. The summed E-state index contributed by atoms with van der Waals surface area (Å²) in [5.41, 5.74) is -2.94. The molecule has 0 atom stereocenters. The molecule has 0 saturated carbocycles. The van der Waals surface area contributed by atoms with Crippen LogP contribution in [-0.4, -0.2) is 22.4 Å². The van der Waals surface area contributed by atoms with Crippen LogP contribution in [0.15, 0.2) is 30.6 Å². The molecule has 1 aromatic heterocycles. The molecule has 0 unspecified atom stereocenters. The van der Waals surface area contributed by atoms with Gasteiger partial charge in [0.05, 0.1) is 5.56 Å². The highest BCUT2D eigenvalue weighted by atomic mass is 35.5. The average molecular weight is 398 g/mol. The Balaban J connectivity index is 2.04. The Morgan fingerprint density at radius 1 is 1.04 bits per heavy atom. The Morgan fingerprint density at radius 2 is 1.69 bits per heavy atom. The van der Waals surface area contributed by atoms with Gasteiger partial charge in [0.1, 0.15) is 0 Å². The molecule has 0 saturated heterocycles. The SMILES string of the molecule is O=C(NCCc1ccc(C(F)(F)F)cc1Cl)c1nccnc1C(F)(F)F. The fourth-order valence-corrected chi connectivity index (χ4v) is 2.31. The van der Waals surface area contributed by atoms with E-state index in [1.54, 1.807) is 0 Å². The van der Waals surface area contributed by atoms with Crippen molar-refractivity contribution in [3.63, 3.8) is 0 Å². The molecule has 0 fully saturated rings. The molecule has 26 heavy (non-hydrogen) atoms. The predicted octanol–water partition coefficient (Wildman–Crippen LogP) is 4.14. The molecule has 4 nitrogen and oxygen atoms in total. The number of benzene rings is 1. The van der Waals surface area contributed by atoms with Gasteiger partial charge in [-0.3, -0.25) is 4.79 Å². The average Bonchev–Trinajstić information content (AvgIpc) is 2.54. The molecule has 1 N–H and O–H groups in total. The third-order valence-corrected chi connectivity index (χ3v) is 3.59. The molecule has 0 aliphatic carbocycles. The third-order valence-electron chi connectivity index (χ3n) is 3.24. The van der Waals surface area contributed by atoms with Gasteiger partial charge < -0.3 is 5.32 Å². The van der Waals surface area contributed by atoms with Gasteiger partial charge in [0.2, 0.25) is 0 Å². The van der Waals surface area contributed by atoms with Crippen molar-refractivity contribution in [3.8, 4) is 0 Å². The van der Waals surface area contributed by atoms with Gasteiger partial charge in [-0.2, -0.15) is 26.3 Å². The lowest BCUT2D eigenvalue weighted by molar-refractivity contribution is -0.142. The molecule has 2 rings (SSSR count). The Kier molecular flexibility index (Phi) is 5.74. The second-order valence-corrected chi connectivity index (χ2v) is 5.47. The highest BCUT2D eigenvalue weighted by Gasteiger charge is 2.38. The van der Waals surface area contributed by atoms with E-state index in [4.69, 9.17) is 11.6 Å². The number of nitrogens with one attached hydrogen (secondary N) is 1. The lowest BCUT2D eigenvalue weighted by Crippen LogP contribution is -2.29. The van der Waals surface area contributed by atoms with Crippen molar-refractivity contribution < 1.29 is 31.1 Å². The number of alkyl halides is 6. The van der Waals surface area contributed by atoms with Crippen molar-refractivity contribution in [3.05, 3.63) is 58.1 Å². The van der Waals surface area contributed by atoms with Crippen LogP contribution in [0.25, 0.3) is 0 Å². The number of amides is 1. The van der Waals surface area contributed by atoms with Crippen LogP contribution in [0.5, 0.6) is 0 Å². The van der Waals surface area contributed by atoms with Gasteiger partial charge in [-0.25, -0.2) is 9.97 Å². The molecule has 0 radical (unpaired) electrons. The first-order valence-corrected chi connectivity index (χ1v) is 7.40. The van der Waals surface area contributed by atoms with Crippen LogP contribution >= 0.6 is 11.6 Å². The zero-order valence-electron chi connectivity index (χ0n) is 12.7. The Labute approximate surface area is 148 Å². The summed E-state index contributed by atoms with van der Waals surface area (Å²) in [7, 11) is 0. The highest BCUT2D eigenvalue weighted by molar-refractivity contribution is 6.31. The van der Waals surface area contributed by atoms with Crippen LogP contribution in [-0.2, 0) is 18.8 Å². The van der Waals surface area contributed by atoms with E-state index in [1.165, 1.54) is 0 Å². The van der Waals surface area contributed by atoms with Gasteiger partial charge in [-0.15, -0.1) is 0 Å². The highest BCUT2D eigenvalue weighted by Crippen LogP contribution is 2.32. The summed E-state index contributed by atoms with van der Waals surface area (Å²) in [6.07, 6.45) is -7.63. The van der Waals surface area contributed by atoms with E-state index in [-0.39, 0.29) is 18.0 Å². The molecular weight excluding hydrogens is 388 g/mol. The van der Waals surface area contributed by atoms with E-state index in [0.717, 1.165) is 30.6 Å². The van der Waals surface area contributed by atoms with E-state index in [2.05, 4.69) is 15.3 Å². The van der Waals surface area contributed by atoms with E-state index < -0.39 is 35.2 Å². The number of nitrogens with zero attached hydrogens (tertiary/aromatic N) is 2. The van der Waals surface area contributed by atoms with Crippen molar-refractivity contribution in [1.29, 1.82) is 0 Å². The van der Waals surface area contributed by atoms with E-state index in [9.17, 15) is 31.1 Å². The van der Waals surface area contributed by atoms with Crippen LogP contribution in [0.3, 0.4) is 0 Å². The van der Waals surface area contributed by atoms with E-state index in [1.807, 2.05) is 0 Å². The second-order valence-electron chi connectivity index (χ2n) is 5.06. The zero-order chi connectivity index (χ0) is 19.5. The minimum absolute atomic E-state index is 0.0182. The minimum Gasteiger partial charge on any atom is -0.350 e. The molecule has 0 spiro atoms. The fraction of sp³-hybridized carbons (Fsp3) is 0.267. The zero-order valence-corrected chi connectivity index (χ0v) is 13.5. The van der Waals surface area contributed by atoms with Crippen LogP contribution < -0.4 is 5.32 Å². The van der Waals surface area contributed by atoms with Crippen LogP contribution in [0.4, 0.5) is 26.3 Å². The summed E-state index contributed by atoms with van der Waals surface area (Å²) < 4.78 is 76.0. The van der Waals surface area contributed by atoms with Gasteiger partial charge in [-0.05, 0) is 24.1 Å². The van der Waals surface area contributed by atoms with Gasteiger partial charge in [-0.1, -0.05) is 17.7 Å². The summed E-state index contributed by atoms with van der Waals surface area (Å²) in [5.74, 6) is -1.10. The summed E-state index contributed by atoms with van der Waals surface area (Å²) in [6, 6.07) is 2.71. The maximum absolute atomic E-state index is 12.8. The molecule has 0 aliphatic heterocycles. The van der Waals surface area contributed by atoms with Crippen molar-refractivity contribution in [1.82, 2.24) is 15.3 Å². The number of rotatable bonds is 4. The fourth-order valence-electron chi connectivity index (χ4n) is 2.03. The van der Waals surface area contributed by atoms with Gasteiger partial charge in [0, 0.05) is 24.0 Å². The normalized spacial score (nSPS) is 12.1. The number of hydrogen-bond donors (Lipinski definition) is 1. The lowest BCUT2D eigenvalue weighted by atomic mass is 10.1. The monoisotopic (exact) mass is 397 g/mol. The Morgan fingerprint density at radius 3 is 2.27 bits per heavy atom. The quantitative estimate of drug-likeness (QED) is 0.789. The van der Waals surface area contributed by atoms with Crippen molar-refractivity contribution in [2.75, 3.05) is 6.54 Å². The molecule has 1 amide bonds. The Bertz CT molecular complexity index is 807. The first kappa shape index (κ1) is 20.0. The summed E-state index contributed by atoms with van der Waals surface area (Å²) in [5, 5.41) is 2.05. The van der Waals surface area contributed by atoms with Crippen molar-refractivity contribution >= 4 is 17.5 Å². The van der Waals surface area contributed by atoms with Gasteiger partial charge in [0.15, 0.2) is 11.4 Å². The van der Waals surface area contributed by atoms with Crippen LogP contribution in [0, 0.1) is 0 Å². The number of hydrogen-bond acceptors (Lipinski definition) is 3. The summed E-state index contributed by atoms with van der Waals surface area (Å²) in [4.78, 5) is 18.4. The molecule has 1 heterocycles. The summed E-state index contributed by atoms with van der Waals surface area (Å²) >= 11 is 5.77. The molecule has 2 aromatic rings. The topological polar surface area (TPSA) is 54.9 Å². The third kappa shape index (κ3) is 4.84.